The monoisotopic (exact) mass is 298 g/mol. The lowest BCUT2D eigenvalue weighted by molar-refractivity contribution is -0.209. The van der Waals surface area contributed by atoms with Gasteiger partial charge in [0.05, 0.1) is 5.41 Å². The topological polar surface area (TPSA) is 95.4 Å². The molecule has 1 atom stereocenters. The summed E-state index contributed by atoms with van der Waals surface area (Å²) in [5.74, 6) is -2.83. The van der Waals surface area contributed by atoms with Crippen molar-refractivity contribution in [3.63, 3.8) is 0 Å². The maximum absolute atomic E-state index is 13.0. The molecule has 0 radical (unpaired) electrons. The van der Waals surface area contributed by atoms with E-state index in [1.807, 2.05) is 0 Å². The van der Waals surface area contributed by atoms with Crippen molar-refractivity contribution in [3.05, 3.63) is 0 Å². The van der Waals surface area contributed by atoms with Crippen molar-refractivity contribution in [2.24, 2.45) is 16.9 Å². The Morgan fingerprint density at radius 3 is 1.90 bits per heavy atom. The van der Waals surface area contributed by atoms with Gasteiger partial charge in [-0.25, -0.2) is 4.79 Å². The molecule has 0 heterocycles. The van der Waals surface area contributed by atoms with Gasteiger partial charge in [-0.1, -0.05) is 0 Å². The molecule has 0 amide bonds. The normalized spacial score (nSPS) is 15.6. The Labute approximate surface area is 115 Å². The molecule has 0 aliphatic carbocycles. The highest BCUT2D eigenvalue weighted by molar-refractivity contribution is 5.93. The minimum absolute atomic E-state index is 0.00528. The van der Waals surface area contributed by atoms with Gasteiger partial charge in [0.15, 0.2) is 0 Å². The summed E-state index contributed by atoms with van der Waals surface area (Å²) in [6, 6.07) is 0. The van der Waals surface area contributed by atoms with Gasteiger partial charge in [0.1, 0.15) is 0 Å². The van der Waals surface area contributed by atoms with Crippen molar-refractivity contribution in [1.82, 2.24) is 0 Å². The number of hydrogen-bond donors (Lipinski definition) is 2. The minimum Gasteiger partial charge on any atom is -0.391 e. The quantitative estimate of drug-likeness (QED) is 0.455. The molecule has 8 heteroatoms. The average molecular weight is 298 g/mol. The van der Waals surface area contributed by atoms with Crippen molar-refractivity contribution < 1.29 is 27.5 Å². The minimum atomic E-state index is -5.00. The number of unbranched alkanes of at least 4 members (excludes halogenated alkanes) is 1. The van der Waals surface area contributed by atoms with Crippen LogP contribution in [0, 0.1) is 5.41 Å². The molecule has 0 aliphatic rings. The van der Waals surface area contributed by atoms with Crippen molar-refractivity contribution >= 4 is 11.9 Å². The molecule has 5 nitrogen and oxygen atoms in total. The van der Waals surface area contributed by atoms with Gasteiger partial charge >= 0.3 is 18.1 Å². The maximum atomic E-state index is 13.0. The van der Waals surface area contributed by atoms with Crippen LogP contribution in [0.15, 0.2) is 0 Å². The Bertz CT molecular complexity index is 364. The number of rotatable bonds is 5. The first-order valence-corrected chi connectivity index (χ1v) is 6.18. The van der Waals surface area contributed by atoms with E-state index < -0.39 is 35.5 Å². The van der Waals surface area contributed by atoms with E-state index >= 15 is 0 Å². The van der Waals surface area contributed by atoms with Crippen LogP contribution in [0.3, 0.4) is 0 Å². The lowest BCUT2D eigenvalue weighted by Crippen LogP contribution is -2.61. The second kappa shape index (κ2) is 6.53. The maximum Gasteiger partial charge on any atom is 0.417 e. The molecule has 4 N–H and O–H groups in total. The van der Waals surface area contributed by atoms with Gasteiger partial charge in [0, 0.05) is 0 Å². The Balaban J connectivity index is 5.05. The zero-order valence-electron chi connectivity index (χ0n) is 11.8. The molecule has 0 bridgehead atoms. The van der Waals surface area contributed by atoms with Gasteiger partial charge in [0.2, 0.25) is 5.54 Å². The fourth-order valence-corrected chi connectivity index (χ4v) is 1.24. The molecule has 1 unspecified atom stereocenters. The standard InChI is InChI=1S/C12H21F3N2O3/c1-10(2,3)8(18)20-9(19)11(17,12(13,14)15)6-4-5-7-16/h4-7,16-17H2,1-3H3. The van der Waals surface area contributed by atoms with Crippen molar-refractivity contribution in [3.8, 4) is 0 Å². The smallest absolute Gasteiger partial charge is 0.391 e. The Morgan fingerprint density at radius 1 is 1.05 bits per heavy atom. The second-order valence-electron chi connectivity index (χ2n) is 5.64. The predicted octanol–water partition coefficient (Wildman–Crippen LogP) is 1.49. The lowest BCUT2D eigenvalue weighted by Gasteiger charge is -2.30. The fraction of sp³-hybridized carbons (Fsp3) is 0.833. The molecule has 0 spiro atoms. The molecule has 20 heavy (non-hydrogen) atoms. The third-order valence-electron chi connectivity index (χ3n) is 2.69. The fourth-order valence-electron chi connectivity index (χ4n) is 1.24. The SMILES string of the molecule is CC(C)(C)C(=O)OC(=O)C(N)(CCCCN)C(F)(F)F. The third-order valence-corrected chi connectivity index (χ3v) is 2.69. The van der Waals surface area contributed by atoms with E-state index in [0.717, 1.165) is 0 Å². The summed E-state index contributed by atoms with van der Waals surface area (Å²) in [6.45, 7) is 4.44. The van der Waals surface area contributed by atoms with Gasteiger partial charge in [0.25, 0.3) is 0 Å². The zero-order valence-corrected chi connectivity index (χ0v) is 11.8. The number of carbonyl (C=O) groups is 2. The first-order valence-electron chi connectivity index (χ1n) is 6.18. The molecule has 0 saturated carbocycles. The number of ether oxygens (including phenoxy) is 1. The highest BCUT2D eigenvalue weighted by Crippen LogP contribution is 2.34. The number of alkyl halides is 3. The molecule has 118 valence electrons. The van der Waals surface area contributed by atoms with Crippen LogP contribution in [0.4, 0.5) is 13.2 Å². The van der Waals surface area contributed by atoms with Crippen LogP contribution < -0.4 is 11.5 Å². The number of hydrogen-bond acceptors (Lipinski definition) is 5. The van der Waals surface area contributed by atoms with E-state index in [0.29, 0.717) is 0 Å². The van der Waals surface area contributed by atoms with Crippen molar-refractivity contribution in [1.29, 1.82) is 0 Å². The van der Waals surface area contributed by atoms with Gasteiger partial charge in [-0.15, -0.1) is 0 Å². The molecule has 0 saturated heterocycles. The van der Waals surface area contributed by atoms with E-state index in [4.69, 9.17) is 11.5 Å². The predicted molar refractivity (Wildman–Crippen MR) is 66.4 cm³/mol. The van der Waals surface area contributed by atoms with Crippen LogP contribution in [0.5, 0.6) is 0 Å². The average Bonchev–Trinajstić information content (AvgIpc) is 2.26. The van der Waals surface area contributed by atoms with Gasteiger partial charge in [-0.2, -0.15) is 13.2 Å². The van der Waals surface area contributed by atoms with Crippen LogP contribution >= 0.6 is 0 Å². The van der Waals surface area contributed by atoms with Gasteiger partial charge in [-0.05, 0) is 46.6 Å². The molecule has 0 aliphatic heterocycles. The second-order valence-corrected chi connectivity index (χ2v) is 5.64. The molecule has 0 rings (SSSR count). The number of halogens is 3. The summed E-state index contributed by atoms with van der Waals surface area (Å²) < 4.78 is 43.2. The van der Waals surface area contributed by atoms with E-state index in [-0.39, 0.29) is 19.4 Å². The first-order chi connectivity index (χ1) is 8.86. The largest absolute Gasteiger partial charge is 0.417 e. The van der Waals surface area contributed by atoms with Gasteiger partial charge in [-0.3, -0.25) is 4.79 Å². The summed E-state index contributed by atoms with van der Waals surface area (Å²) >= 11 is 0. The van der Waals surface area contributed by atoms with E-state index in [1.165, 1.54) is 20.8 Å². The van der Waals surface area contributed by atoms with Crippen LogP contribution in [0.1, 0.15) is 40.0 Å². The molecular weight excluding hydrogens is 277 g/mol. The number of carbonyl (C=O) groups excluding carboxylic acids is 2. The molecular formula is C12H21F3N2O3. The van der Waals surface area contributed by atoms with Crippen LogP contribution in [0.25, 0.3) is 0 Å². The van der Waals surface area contributed by atoms with Crippen LogP contribution in [-0.4, -0.2) is 30.2 Å². The molecule has 0 fully saturated rings. The van der Waals surface area contributed by atoms with Crippen LogP contribution in [-0.2, 0) is 14.3 Å². The molecule has 0 aromatic heterocycles. The van der Waals surface area contributed by atoms with Crippen LogP contribution in [0.2, 0.25) is 0 Å². The highest BCUT2D eigenvalue weighted by atomic mass is 19.4. The summed E-state index contributed by atoms with van der Waals surface area (Å²) in [6.07, 6.45) is -5.39. The molecule has 0 aromatic rings. The zero-order chi connectivity index (χ0) is 16.2. The van der Waals surface area contributed by atoms with E-state index in [1.54, 1.807) is 0 Å². The van der Waals surface area contributed by atoms with E-state index in [2.05, 4.69) is 4.74 Å². The summed E-state index contributed by atoms with van der Waals surface area (Å²) in [5, 5.41) is 0. The number of esters is 2. The van der Waals surface area contributed by atoms with Crippen molar-refractivity contribution in [2.75, 3.05) is 6.54 Å². The lowest BCUT2D eigenvalue weighted by atomic mass is 9.92. The van der Waals surface area contributed by atoms with Crippen molar-refractivity contribution in [2.45, 2.75) is 51.7 Å². The Hall–Kier alpha value is -1.15. The summed E-state index contributed by atoms with van der Waals surface area (Å²) in [4.78, 5) is 23.1. The Morgan fingerprint density at radius 2 is 1.55 bits per heavy atom. The Kier molecular flexibility index (Phi) is 6.16. The third kappa shape index (κ3) is 4.75. The van der Waals surface area contributed by atoms with E-state index in [9.17, 15) is 22.8 Å². The highest BCUT2D eigenvalue weighted by Gasteiger charge is 2.59. The van der Waals surface area contributed by atoms with Gasteiger partial charge < -0.3 is 16.2 Å². The number of nitrogens with two attached hydrogens (primary N) is 2. The summed E-state index contributed by atoms with van der Waals surface area (Å²) in [5.41, 5.74) is 6.06. The summed E-state index contributed by atoms with van der Waals surface area (Å²) in [7, 11) is 0. The molecule has 0 aromatic carbocycles. The first kappa shape index (κ1) is 18.9.